The molecule has 1 rings (SSSR count). The lowest BCUT2D eigenvalue weighted by molar-refractivity contribution is 0.638. The van der Waals surface area contributed by atoms with Crippen LogP contribution in [0, 0.1) is 0 Å². The second kappa shape index (κ2) is 3.71. The average Bonchev–Trinajstić information content (AvgIpc) is 1.79. The molecule has 0 aliphatic heterocycles. The van der Waals surface area contributed by atoms with Crippen LogP contribution in [0.15, 0.2) is 12.2 Å². The molecule has 0 nitrogen and oxygen atoms in total. The largest absolute Gasteiger partial charge is 0.0885 e. The zero-order valence-corrected chi connectivity index (χ0v) is 5.27. The van der Waals surface area contributed by atoms with E-state index in [2.05, 4.69) is 6.08 Å². The maximum Gasteiger partial charge on any atom is 0.0310 e. The quantitative estimate of drug-likeness (QED) is 0.422. The molecule has 0 bridgehead atoms. The van der Waals surface area contributed by atoms with Gasteiger partial charge in [0.15, 0.2) is 0 Å². The molecule has 1 aliphatic carbocycles. The minimum absolute atomic E-state index is 0.0882. The minimum Gasteiger partial charge on any atom is -0.0885 e. The first kappa shape index (κ1) is 4.60. The lowest BCUT2D eigenvalue weighted by atomic mass is 10.1. The smallest absolute Gasteiger partial charge is 0.0310 e. The van der Waals surface area contributed by atoms with Crippen molar-refractivity contribution in [2.75, 3.05) is 0 Å². The van der Waals surface area contributed by atoms with E-state index < -0.39 is 0 Å². The molecule has 0 heteroatoms. The van der Waals surface area contributed by atoms with E-state index in [1.165, 1.54) is 25.7 Å². The van der Waals surface area contributed by atoms with Gasteiger partial charge in [-0.1, -0.05) is 25.0 Å². The number of rotatable bonds is 0. The molecule has 0 spiro atoms. The van der Waals surface area contributed by atoms with Gasteiger partial charge in [0.05, 0.1) is 0 Å². The van der Waals surface area contributed by atoms with Gasteiger partial charge in [-0.2, -0.15) is 0 Å². The Hall–Kier alpha value is -0.260. The van der Waals surface area contributed by atoms with Gasteiger partial charge in [-0.25, -0.2) is 0 Å². The van der Waals surface area contributed by atoms with Gasteiger partial charge in [-0.15, -0.1) is 0 Å². The van der Waals surface area contributed by atoms with Gasteiger partial charge in [0.25, 0.3) is 0 Å². The van der Waals surface area contributed by atoms with Crippen LogP contribution in [0.1, 0.15) is 39.9 Å². The number of hydrogen-bond donors (Lipinski definition) is 0. The zero-order chi connectivity index (χ0) is 6.53. The molecule has 0 radical (unpaired) electrons. The van der Waals surface area contributed by atoms with Crippen LogP contribution in [0.3, 0.4) is 0 Å². The van der Waals surface area contributed by atoms with Gasteiger partial charge in [0.2, 0.25) is 0 Å². The van der Waals surface area contributed by atoms with E-state index in [1.54, 1.807) is 0 Å². The van der Waals surface area contributed by atoms with E-state index in [1.807, 2.05) is 6.08 Å². The molecule has 46 valence electrons. The maximum atomic E-state index is 7.42. The summed E-state index contributed by atoms with van der Waals surface area (Å²) in [7, 11) is 0. The van der Waals surface area contributed by atoms with Crippen molar-refractivity contribution in [1.82, 2.24) is 0 Å². The van der Waals surface area contributed by atoms with Crippen LogP contribution in [0.25, 0.3) is 0 Å². The molecule has 0 aromatic heterocycles. The molecule has 0 aromatic rings. The number of allylic oxidation sites excluding steroid dienone is 2. The van der Waals surface area contributed by atoms with Crippen LogP contribution in [0.5, 0.6) is 0 Å². The van der Waals surface area contributed by atoms with Crippen LogP contribution >= 0.6 is 0 Å². The Balaban J connectivity index is 2.30. The van der Waals surface area contributed by atoms with Gasteiger partial charge < -0.3 is 0 Å². The highest BCUT2D eigenvalue weighted by Gasteiger charge is 1.89. The third-order valence-electron chi connectivity index (χ3n) is 1.51. The molecule has 0 N–H and O–H groups in total. The molecule has 1 unspecified atom stereocenters. The van der Waals surface area contributed by atoms with Crippen LogP contribution < -0.4 is 0 Å². The molecule has 0 amide bonds. The molecule has 0 aromatic carbocycles. The first-order chi connectivity index (χ1) is 4.39. The van der Waals surface area contributed by atoms with Gasteiger partial charge in [0.1, 0.15) is 0 Å². The van der Waals surface area contributed by atoms with E-state index >= 15 is 0 Å². The third-order valence-corrected chi connectivity index (χ3v) is 1.51. The molecule has 1 aliphatic rings. The second-order valence-electron chi connectivity index (χ2n) is 2.30. The summed E-state index contributed by atoms with van der Waals surface area (Å²) in [4.78, 5) is 0. The maximum absolute atomic E-state index is 7.42. The fraction of sp³-hybridized carbons (Fsp3) is 0.750. The molecule has 0 saturated carbocycles. The van der Waals surface area contributed by atoms with E-state index in [9.17, 15) is 0 Å². The summed E-state index contributed by atoms with van der Waals surface area (Å²) in [5.41, 5.74) is 0. The number of hydrogen-bond acceptors (Lipinski definition) is 0. The Bertz CT molecular complexity index is 96.7. The summed E-state index contributed by atoms with van der Waals surface area (Å²) in [5.74, 6) is 0. The Labute approximate surface area is 53.0 Å². The lowest BCUT2D eigenvalue weighted by Gasteiger charge is -2.00. The van der Waals surface area contributed by atoms with E-state index in [-0.39, 0.29) is 6.40 Å². The van der Waals surface area contributed by atoms with Crippen LogP contribution in [0.4, 0.5) is 0 Å². The summed E-state index contributed by atoms with van der Waals surface area (Å²) >= 11 is 0. The first-order valence-corrected chi connectivity index (χ1v) is 3.48. The Morgan fingerprint density at radius 1 is 1.00 bits per heavy atom. The Morgan fingerprint density at radius 3 is 2.88 bits per heavy atom. The molecule has 0 heterocycles. The standard InChI is InChI=1S/C8H14/c1-2-4-6-8-7-5-3-1/h1-2H,3-8H2/i3D. The van der Waals surface area contributed by atoms with E-state index in [4.69, 9.17) is 1.37 Å². The Morgan fingerprint density at radius 2 is 1.88 bits per heavy atom. The van der Waals surface area contributed by atoms with Crippen LogP contribution in [-0.2, 0) is 0 Å². The third kappa shape index (κ3) is 2.15. The van der Waals surface area contributed by atoms with Crippen molar-refractivity contribution in [3.05, 3.63) is 12.2 Å². The summed E-state index contributed by atoms with van der Waals surface area (Å²) in [6, 6.07) is 0. The monoisotopic (exact) mass is 111 g/mol. The van der Waals surface area contributed by atoms with Crippen molar-refractivity contribution in [2.24, 2.45) is 0 Å². The molecule has 0 fully saturated rings. The van der Waals surface area contributed by atoms with E-state index in [0.717, 1.165) is 6.42 Å². The van der Waals surface area contributed by atoms with Crippen molar-refractivity contribution in [2.45, 2.75) is 38.5 Å². The highest BCUT2D eigenvalue weighted by molar-refractivity contribution is 4.82. The minimum atomic E-state index is 0.0882. The SMILES string of the molecule is [2H]C1C=CCCCCC1. The van der Waals surface area contributed by atoms with Gasteiger partial charge >= 0.3 is 0 Å². The molecular weight excluding hydrogens is 96.1 g/mol. The fourth-order valence-corrected chi connectivity index (χ4v) is 0.990. The van der Waals surface area contributed by atoms with Crippen LogP contribution in [0.2, 0.25) is 0 Å². The fourth-order valence-electron chi connectivity index (χ4n) is 0.990. The molecular formula is C8H14. The average molecular weight is 111 g/mol. The molecule has 8 heavy (non-hydrogen) atoms. The van der Waals surface area contributed by atoms with E-state index in [0.29, 0.717) is 0 Å². The van der Waals surface area contributed by atoms with Gasteiger partial charge in [-0.05, 0) is 25.7 Å². The summed E-state index contributed by atoms with van der Waals surface area (Å²) in [5, 5.41) is 0. The van der Waals surface area contributed by atoms with Crippen molar-refractivity contribution in [3.63, 3.8) is 0 Å². The van der Waals surface area contributed by atoms with Crippen molar-refractivity contribution < 1.29 is 1.37 Å². The predicted octanol–water partition coefficient (Wildman–Crippen LogP) is 2.90. The summed E-state index contributed by atoms with van der Waals surface area (Å²) < 4.78 is 7.42. The highest BCUT2D eigenvalue weighted by atomic mass is 14.0. The lowest BCUT2D eigenvalue weighted by Crippen LogP contribution is -1.80. The van der Waals surface area contributed by atoms with Crippen molar-refractivity contribution in [1.29, 1.82) is 0 Å². The summed E-state index contributed by atoms with van der Waals surface area (Å²) in [6.07, 6.45) is 10.4. The van der Waals surface area contributed by atoms with Crippen LogP contribution in [-0.4, -0.2) is 0 Å². The first-order valence-electron chi connectivity index (χ1n) is 4.06. The normalized spacial score (nSPS) is 33.0. The topological polar surface area (TPSA) is 0 Å². The predicted molar refractivity (Wildman–Crippen MR) is 36.8 cm³/mol. The second-order valence-corrected chi connectivity index (χ2v) is 2.30. The molecule has 0 saturated heterocycles. The van der Waals surface area contributed by atoms with Crippen molar-refractivity contribution >= 4 is 0 Å². The zero-order valence-electron chi connectivity index (χ0n) is 6.27. The van der Waals surface area contributed by atoms with Crippen molar-refractivity contribution in [3.8, 4) is 0 Å². The van der Waals surface area contributed by atoms with Gasteiger partial charge in [-0.3, -0.25) is 0 Å². The Kier molecular flexibility index (Phi) is 2.13. The molecule has 1 atom stereocenters. The highest BCUT2D eigenvalue weighted by Crippen LogP contribution is 2.09. The summed E-state index contributed by atoms with van der Waals surface area (Å²) in [6.45, 7) is 0. The van der Waals surface area contributed by atoms with Gasteiger partial charge in [0, 0.05) is 1.37 Å².